The van der Waals surface area contributed by atoms with Crippen LogP contribution in [0.5, 0.6) is 0 Å². The van der Waals surface area contributed by atoms with Crippen LogP contribution in [0.25, 0.3) is 0 Å². The molecular formula is C18H14Cl2F3N5. The quantitative estimate of drug-likeness (QED) is 0.437. The number of hydrogen-bond acceptors (Lipinski definition) is 4. The summed E-state index contributed by atoms with van der Waals surface area (Å²) in [6.07, 6.45) is -2.25. The van der Waals surface area contributed by atoms with E-state index in [2.05, 4.69) is 20.6 Å². The van der Waals surface area contributed by atoms with Crippen LogP contribution in [-0.4, -0.2) is 21.0 Å². The van der Waals surface area contributed by atoms with Gasteiger partial charge in [0.1, 0.15) is 11.0 Å². The Kier molecular flexibility index (Phi) is 5.90. The lowest BCUT2D eigenvalue weighted by atomic mass is 10.2. The highest BCUT2D eigenvalue weighted by Gasteiger charge is 2.30. The van der Waals surface area contributed by atoms with Crippen molar-refractivity contribution in [1.82, 2.24) is 14.8 Å². The van der Waals surface area contributed by atoms with Crippen LogP contribution >= 0.6 is 23.2 Å². The van der Waals surface area contributed by atoms with Gasteiger partial charge in [-0.05, 0) is 36.8 Å². The minimum absolute atomic E-state index is 0.173. The topological polar surface area (TPSA) is 55.1 Å². The molecule has 0 saturated carbocycles. The average Bonchev–Trinajstić information content (AvgIpc) is 2.90. The van der Waals surface area contributed by atoms with E-state index in [1.165, 1.54) is 12.3 Å². The van der Waals surface area contributed by atoms with E-state index in [0.717, 1.165) is 17.8 Å². The SMILES string of the molecule is Cc1nn(Cc2ccc(Cl)cc2)c(Cl)c1/C=N/Nc1ccc(C(F)(F)F)cn1. The summed E-state index contributed by atoms with van der Waals surface area (Å²) in [6.45, 7) is 2.24. The van der Waals surface area contributed by atoms with Crippen molar-refractivity contribution in [3.63, 3.8) is 0 Å². The summed E-state index contributed by atoms with van der Waals surface area (Å²) in [5.74, 6) is 0.173. The Morgan fingerprint density at radius 1 is 1.14 bits per heavy atom. The highest BCUT2D eigenvalue weighted by Crippen LogP contribution is 2.28. The van der Waals surface area contributed by atoms with E-state index in [0.29, 0.717) is 28.0 Å². The first-order valence-electron chi connectivity index (χ1n) is 8.03. The largest absolute Gasteiger partial charge is 0.417 e. The Morgan fingerprint density at radius 2 is 1.86 bits per heavy atom. The normalized spacial score (nSPS) is 11.9. The third-order valence-corrected chi connectivity index (χ3v) is 4.47. The summed E-state index contributed by atoms with van der Waals surface area (Å²) < 4.78 is 39.2. The molecule has 0 aliphatic rings. The van der Waals surface area contributed by atoms with Crippen LogP contribution in [0.4, 0.5) is 19.0 Å². The van der Waals surface area contributed by atoms with Gasteiger partial charge in [-0.2, -0.15) is 23.4 Å². The van der Waals surface area contributed by atoms with Crippen molar-refractivity contribution in [1.29, 1.82) is 0 Å². The number of nitrogens with zero attached hydrogens (tertiary/aromatic N) is 4. The fraction of sp³-hybridized carbons (Fsp3) is 0.167. The van der Waals surface area contributed by atoms with Gasteiger partial charge in [0.05, 0.1) is 29.6 Å². The van der Waals surface area contributed by atoms with Crippen molar-refractivity contribution in [3.8, 4) is 0 Å². The van der Waals surface area contributed by atoms with Crippen LogP contribution < -0.4 is 5.43 Å². The third kappa shape index (κ3) is 4.82. The molecule has 0 saturated heterocycles. The van der Waals surface area contributed by atoms with E-state index >= 15 is 0 Å². The second-order valence-corrected chi connectivity index (χ2v) is 6.67. The Hall–Kier alpha value is -2.58. The van der Waals surface area contributed by atoms with Gasteiger partial charge in [-0.1, -0.05) is 35.3 Å². The molecule has 2 heterocycles. The van der Waals surface area contributed by atoms with Gasteiger partial charge < -0.3 is 0 Å². The number of aromatic nitrogens is 3. The molecule has 3 rings (SSSR count). The number of rotatable bonds is 5. The molecule has 0 amide bonds. The molecule has 1 N–H and O–H groups in total. The van der Waals surface area contributed by atoms with Crippen LogP contribution in [0.3, 0.4) is 0 Å². The second kappa shape index (κ2) is 8.20. The average molecular weight is 428 g/mol. The Labute approximate surface area is 168 Å². The maximum atomic E-state index is 12.5. The van der Waals surface area contributed by atoms with E-state index in [1.807, 2.05) is 12.1 Å². The van der Waals surface area contributed by atoms with Gasteiger partial charge in [0.15, 0.2) is 0 Å². The number of alkyl halides is 3. The van der Waals surface area contributed by atoms with Crippen LogP contribution in [0.1, 0.15) is 22.4 Å². The zero-order valence-corrected chi connectivity index (χ0v) is 16.0. The van der Waals surface area contributed by atoms with Crippen LogP contribution in [0, 0.1) is 6.92 Å². The van der Waals surface area contributed by atoms with E-state index in [9.17, 15) is 13.2 Å². The molecule has 2 aromatic heterocycles. The van der Waals surface area contributed by atoms with Crippen LogP contribution in [-0.2, 0) is 12.7 Å². The molecule has 1 aromatic carbocycles. The molecule has 146 valence electrons. The van der Waals surface area contributed by atoms with Crippen LogP contribution in [0.2, 0.25) is 10.2 Å². The Morgan fingerprint density at radius 3 is 2.46 bits per heavy atom. The van der Waals surface area contributed by atoms with Gasteiger partial charge >= 0.3 is 6.18 Å². The summed E-state index contributed by atoms with van der Waals surface area (Å²) in [5.41, 5.74) is 3.97. The Balaban J connectivity index is 1.70. The lowest BCUT2D eigenvalue weighted by Gasteiger charge is -2.06. The maximum absolute atomic E-state index is 12.5. The molecule has 0 unspecified atom stereocenters. The lowest BCUT2D eigenvalue weighted by Crippen LogP contribution is -2.05. The number of halogens is 5. The first-order valence-corrected chi connectivity index (χ1v) is 8.79. The zero-order valence-electron chi connectivity index (χ0n) is 14.5. The predicted octanol–water partition coefficient (Wildman–Crippen LogP) is 5.41. The lowest BCUT2D eigenvalue weighted by molar-refractivity contribution is -0.137. The molecule has 0 aliphatic carbocycles. The van der Waals surface area contributed by atoms with E-state index < -0.39 is 11.7 Å². The molecule has 28 heavy (non-hydrogen) atoms. The monoisotopic (exact) mass is 427 g/mol. The standard InChI is InChI=1S/C18H14Cl2F3N5/c1-11-15(9-25-26-16-7-4-13(8-24-16)18(21,22)23)17(20)28(27-11)10-12-2-5-14(19)6-3-12/h2-9H,10H2,1H3,(H,24,26)/b25-9+. The highest BCUT2D eigenvalue weighted by atomic mass is 35.5. The molecule has 0 aliphatic heterocycles. The Bertz CT molecular complexity index is 980. The molecule has 0 bridgehead atoms. The molecule has 0 spiro atoms. The summed E-state index contributed by atoms with van der Waals surface area (Å²) in [5, 5.41) is 9.40. The number of pyridine rings is 1. The third-order valence-electron chi connectivity index (χ3n) is 3.82. The van der Waals surface area contributed by atoms with E-state index in [-0.39, 0.29) is 5.82 Å². The summed E-state index contributed by atoms with van der Waals surface area (Å²) >= 11 is 12.3. The summed E-state index contributed by atoms with van der Waals surface area (Å²) in [7, 11) is 0. The number of hydrazone groups is 1. The maximum Gasteiger partial charge on any atom is 0.417 e. The van der Waals surface area contributed by atoms with Crippen molar-refractivity contribution in [2.24, 2.45) is 5.10 Å². The fourth-order valence-electron chi connectivity index (χ4n) is 2.37. The molecule has 3 aromatic rings. The number of aryl methyl sites for hydroxylation is 1. The molecule has 5 nitrogen and oxygen atoms in total. The second-order valence-electron chi connectivity index (χ2n) is 5.87. The molecule has 10 heteroatoms. The molecule has 0 radical (unpaired) electrons. The number of hydrogen-bond donors (Lipinski definition) is 1. The van der Waals surface area contributed by atoms with Crippen molar-refractivity contribution >= 4 is 35.2 Å². The molecular weight excluding hydrogens is 414 g/mol. The number of anilines is 1. The van der Waals surface area contributed by atoms with Gasteiger partial charge in [0.25, 0.3) is 0 Å². The van der Waals surface area contributed by atoms with Gasteiger partial charge in [0.2, 0.25) is 0 Å². The minimum atomic E-state index is -4.43. The van der Waals surface area contributed by atoms with Crippen LogP contribution in [0.15, 0.2) is 47.7 Å². The summed E-state index contributed by atoms with van der Waals surface area (Å²) in [4.78, 5) is 3.68. The van der Waals surface area contributed by atoms with Gasteiger partial charge in [0, 0.05) is 11.2 Å². The number of nitrogens with one attached hydrogen (secondary N) is 1. The molecule has 0 fully saturated rings. The zero-order chi connectivity index (χ0) is 20.3. The minimum Gasteiger partial charge on any atom is -0.261 e. The highest BCUT2D eigenvalue weighted by molar-refractivity contribution is 6.32. The van der Waals surface area contributed by atoms with Crippen molar-refractivity contribution in [2.75, 3.05) is 5.43 Å². The van der Waals surface area contributed by atoms with Crippen molar-refractivity contribution in [3.05, 3.63) is 75.2 Å². The van der Waals surface area contributed by atoms with E-state index in [1.54, 1.807) is 23.7 Å². The first-order chi connectivity index (χ1) is 13.2. The fourth-order valence-corrected chi connectivity index (χ4v) is 2.78. The number of benzene rings is 1. The van der Waals surface area contributed by atoms with Crippen molar-refractivity contribution in [2.45, 2.75) is 19.6 Å². The van der Waals surface area contributed by atoms with E-state index in [4.69, 9.17) is 23.2 Å². The smallest absolute Gasteiger partial charge is 0.261 e. The predicted molar refractivity (Wildman–Crippen MR) is 103 cm³/mol. The first kappa shape index (κ1) is 20.2. The van der Waals surface area contributed by atoms with Gasteiger partial charge in [-0.15, -0.1) is 0 Å². The van der Waals surface area contributed by atoms with Gasteiger partial charge in [-0.3, -0.25) is 5.43 Å². The summed E-state index contributed by atoms with van der Waals surface area (Å²) in [6, 6.07) is 9.43. The van der Waals surface area contributed by atoms with Gasteiger partial charge in [-0.25, -0.2) is 9.67 Å². The molecule has 0 atom stereocenters. The van der Waals surface area contributed by atoms with Crippen molar-refractivity contribution < 1.29 is 13.2 Å².